The zero-order valence-electron chi connectivity index (χ0n) is 6.06. The number of hydrogen-bond acceptors (Lipinski definition) is 4. The van der Waals surface area contributed by atoms with Crippen molar-refractivity contribution in [1.82, 2.24) is 0 Å². The van der Waals surface area contributed by atoms with Crippen LogP contribution in [0.25, 0.3) is 0 Å². The van der Waals surface area contributed by atoms with E-state index in [9.17, 15) is 19.8 Å². The third-order valence-corrected chi connectivity index (χ3v) is 1.01. The first kappa shape index (κ1) is 17.9. The first-order chi connectivity index (χ1) is 4.63. The van der Waals surface area contributed by atoms with Crippen LogP contribution in [0.3, 0.4) is 0 Å². The summed E-state index contributed by atoms with van der Waals surface area (Å²) in [5, 5.41) is 19.5. The Labute approximate surface area is 91.7 Å². The molecular weight excluding hydrogens is 263 g/mol. The van der Waals surface area contributed by atoms with E-state index in [4.69, 9.17) is 0 Å². The SMILES string of the molecule is O=C([O-])CCCCC(=O)[O-].[Cu+].[Cu+]. The number of rotatable bonds is 5. The van der Waals surface area contributed by atoms with Crippen molar-refractivity contribution >= 4 is 11.9 Å². The topological polar surface area (TPSA) is 80.3 Å². The van der Waals surface area contributed by atoms with Crippen LogP contribution >= 0.6 is 0 Å². The van der Waals surface area contributed by atoms with E-state index < -0.39 is 11.9 Å². The number of unbranched alkanes of at least 4 members (excludes halogenated alkanes) is 1. The van der Waals surface area contributed by atoms with Crippen LogP contribution in [0, 0.1) is 0 Å². The summed E-state index contributed by atoms with van der Waals surface area (Å²) in [5.74, 6) is -2.28. The van der Waals surface area contributed by atoms with Crippen LogP contribution in [0.5, 0.6) is 0 Å². The molecule has 0 rings (SSSR count). The maximum atomic E-state index is 9.77. The predicted octanol–water partition coefficient (Wildman–Crippen LogP) is -1.96. The van der Waals surface area contributed by atoms with E-state index in [1.165, 1.54) is 0 Å². The van der Waals surface area contributed by atoms with E-state index in [0.717, 1.165) is 0 Å². The molecule has 0 N–H and O–H groups in total. The quantitative estimate of drug-likeness (QED) is 0.429. The van der Waals surface area contributed by atoms with Crippen molar-refractivity contribution in [3.05, 3.63) is 0 Å². The molecule has 4 nitrogen and oxygen atoms in total. The van der Waals surface area contributed by atoms with Crippen LogP contribution in [0.1, 0.15) is 25.7 Å². The molecule has 0 saturated heterocycles. The predicted molar refractivity (Wildman–Crippen MR) is 28.5 cm³/mol. The van der Waals surface area contributed by atoms with Crippen LogP contribution in [0.2, 0.25) is 0 Å². The third kappa shape index (κ3) is 16.5. The first-order valence-corrected chi connectivity index (χ1v) is 3.02. The minimum absolute atomic E-state index is 0. The molecule has 0 atom stereocenters. The summed E-state index contributed by atoms with van der Waals surface area (Å²) in [6.45, 7) is 0. The molecule has 0 aromatic carbocycles. The summed E-state index contributed by atoms with van der Waals surface area (Å²) in [5.41, 5.74) is 0. The van der Waals surface area contributed by atoms with Crippen molar-refractivity contribution < 1.29 is 53.9 Å². The van der Waals surface area contributed by atoms with Gasteiger partial charge in [0.15, 0.2) is 0 Å². The molecule has 0 aromatic heterocycles. The normalized spacial score (nSPS) is 7.67. The van der Waals surface area contributed by atoms with Gasteiger partial charge in [0.2, 0.25) is 0 Å². The average Bonchev–Trinajstić information content (AvgIpc) is 1.79. The Morgan fingerprint density at radius 2 is 1.08 bits per heavy atom. The second-order valence-electron chi connectivity index (χ2n) is 1.95. The maximum absolute atomic E-state index is 9.77. The fourth-order valence-corrected chi connectivity index (χ4v) is 0.539. The Hall–Kier alpha value is -0.0210. The van der Waals surface area contributed by atoms with Gasteiger partial charge in [0.25, 0.3) is 0 Å². The largest absolute Gasteiger partial charge is 1.00 e. The molecule has 0 saturated carbocycles. The van der Waals surface area contributed by atoms with Crippen molar-refractivity contribution in [2.24, 2.45) is 0 Å². The summed E-state index contributed by atoms with van der Waals surface area (Å²) in [7, 11) is 0. The van der Waals surface area contributed by atoms with Crippen molar-refractivity contribution in [1.29, 1.82) is 0 Å². The molecule has 0 unspecified atom stereocenters. The van der Waals surface area contributed by atoms with Gasteiger partial charge in [-0.25, -0.2) is 0 Å². The summed E-state index contributed by atoms with van der Waals surface area (Å²) in [4.78, 5) is 19.5. The molecule has 0 fully saturated rings. The number of carboxylic acid groups (broad SMARTS) is 2. The molecule has 6 heteroatoms. The zero-order chi connectivity index (χ0) is 7.98. The van der Waals surface area contributed by atoms with Crippen LogP contribution in [0.4, 0.5) is 0 Å². The number of aliphatic carboxylic acids is 2. The van der Waals surface area contributed by atoms with Gasteiger partial charge in [0.05, 0.1) is 0 Å². The van der Waals surface area contributed by atoms with Gasteiger partial charge in [-0.05, 0) is 25.7 Å². The molecule has 0 aromatic rings. The Kier molecular flexibility index (Phi) is 16.4. The molecule has 0 bridgehead atoms. The van der Waals surface area contributed by atoms with Crippen LogP contribution < -0.4 is 10.2 Å². The van der Waals surface area contributed by atoms with Crippen molar-refractivity contribution in [2.45, 2.75) is 25.7 Å². The number of hydrogen-bond donors (Lipinski definition) is 0. The van der Waals surface area contributed by atoms with E-state index in [1.54, 1.807) is 0 Å². The summed E-state index contributed by atoms with van der Waals surface area (Å²) < 4.78 is 0. The molecule has 0 aliphatic heterocycles. The second-order valence-corrected chi connectivity index (χ2v) is 1.95. The van der Waals surface area contributed by atoms with E-state index in [1.807, 2.05) is 0 Å². The van der Waals surface area contributed by atoms with Gasteiger partial charge < -0.3 is 19.8 Å². The zero-order valence-corrected chi connectivity index (χ0v) is 7.95. The standard InChI is InChI=1S/C6H10O4.2Cu/c7-5(8)3-1-2-4-6(9)10;;/h1-4H2,(H,7,8)(H,9,10);;/q;2*+1/p-2. The fourth-order valence-electron chi connectivity index (χ4n) is 0.539. The first-order valence-electron chi connectivity index (χ1n) is 3.02. The summed E-state index contributed by atoms with van der Waals surface area (Å²) >= 11 is 0. The number of carbonyl (C=O) groups is 2. The third-order valence-electron chi connectivity index (χ3n) is 1.01. The van der Waals surface area contributed by atoms with Crippen molar-refractivity contribution in [2.75, 3.05) is 0 Å². The Morgan fingerprint density at radius 1 is 0.833 bits per heavy atom. The Bertz CT molecular complexity index is 122. The Morgan fingerprint density at radius 3 is 1.25 bits per heavy atom. The van der Waals surface area contributed by atoms with E-state index in [2.05, 4.69) is 0 Å². The molecule has 0 heterocycles. The van der Waals surface area contributed by atoms with Crippen molar-refractivity contribution in [3.63, 3.8) is 0 Å². The maximum Gasteiger partial charge on any atom is 1.00 e. The molecule has 0 aliphatic rings. The van der Waals surface area contributed by atoms with Gasteiger partial charge in [0, 0.05) is 11.9 Å². The van der Waals surface area contributed by atoms with Crippen molar-refractivity contribution in [3.8, 4) is 0 Å². The van der Waals surface area contributed by atoms with Gasteiger partial charge in [-0.3, -0.25) is 0 Å². The molecular formula is C6H8Cu2O4. The Balaban J connectivity index is -0.000000405. The summed E-state index contributed by atoms with van der Waals surface area (Å²) in [6, 6.07) is 0. The van der Waals surface area contributed by atoms with Gasteiger partial charge in [-0.2, -0.15) is 0 Å². The van der Waals surface area contributed by atoms with Crippen LogP contribution in [0.15, 0.2) is 0 Å². The van der Waals surface area contributed by atoms with Crippen LogP contribution in [-0.2, 0) is 43.7 Å². The van der Waals surface area contributed by atoms with E-state index in [-0.39, 0.29) is 47.0 Å². The molecule has 0 amide bonds. The molecule has 0 spiro atoms. The molecule has 0 radical (unpaired) electrons. The smallest absolute Gasteiger partial charge is 0.550 e. The summed E-state index contributed by atoms with van der Waals surface area (Å²) in [6.07, 6.45) is 0.535. The van der Waals surface area contributed by atoms with E-state index in [0.29, 0.717) is 12.8 Å². The van der Waals surface area contributed by atoms with Gasteiger partial charge >= 0.3 is 34.1 Å². The molecule has 0 aliphatic carbocycles. The fraction of sp³-hybridized carbons (Fsp3) is 0.667. The molecule has 12 heavy (non-hydrogen) atoms. The van der Waals surface area contributed by atoms with E-state index >= 15 is 0 Å². The second kappa shape index (κ2) is 11.0. The van der Waals surface area contributed by atoms with Gasteiger partial charge in [-0.15, -0.1) is 0 Å². The number of carbonyl (C=O) groups excluding carboxylic acids is 2. The van der Waals surface area contributed by atoms with Crippen LogP contribution in [-0.4, -0.2) is 11.9 Å². The number of carboxylic acids is 2. The minimum Gasteiger partial charge on any atom is -0.550 e. The van der Waals surface area contributed by atoms with Gasteiger partial charge in [-0.1, -0.05) is 0 Å². The van der Waals surface area contributed by atoms with Gasteiger partial charge in [0.1, 0.15) is 0 Å². The average molecular weight is 271 g/mol. The minimum atomic E-state index is -1.14. The monoisotopic (exact) mass is 270 g/mol. The molecule has 78 valence electrons.